The van der Waals surface area contributed by atoms with Crippen molar-refractivity contribution in [1.29, 1.82) is 5.26 Å². The molecule has 0 spiro atoms. The fourth-order valence-corrected chi connectivity index (χ4v) is 5.46. The summed E-state index contributed by atoms with van der Waals surface area (Å²) in [7, 11) is 1.57. The molecule has 222 valence electrons. The van der Waals surface area contributed by atoms with Gasteiger partial charge in [0.2, 0.25) is 11.8 Å². The van der Waals surface area contributed by atoms with Crippen molar-refractivity contribution in [3.63, 3.8) is 0 Å². The van der Waals surface area contributed by atoms with Gasteiger partial charge in [0, 0.05) is 29.4 Å². The molecule has 0 aliphatic carbocycles. The van der Waals surface area contributed by atoms with E-state index in [0.29, 0.717) is 37.3 Å². The zero-order valence-corrected chi connectivity index (χ0v) is 24.6. The highest BCUT2D eigenvalue weighted by atomic mass is 16.5. The van der Waals surface area contributed by atoms with Gasteiger partial charge in [-0.15, -0.1) is 0 Å². The lowest BCUT2D eigenvalue weighted by Gasteiger charge is -2.30. The number of methoxy groups -OCH3 is 1. The van der Waals surface area contributed by atoms with Crippen LogP contribution < -0.4 is 26.0 Å². The van der Waals surface area contributed by atoms with Crippen LogP contribution in [0.2, 0.25) is 0 Å². The van der Waals surface area contributed by atoms with Gasteiger partial charge in [-0.25, -0.2) is 0 Å². The Kier molecular flexibility index (Phi) is 10.2. The standard InChI is InChI=1S/C32H40N6O4/c1-19(2)15-26(38-32(41)27-17-23-24(36-27)11-8-12-29(23)42-4)31(40)37-25(16-22-13-14-34-30(22)39)28(18-33)35-20(3)21-9-6-5-7-10-21/h5-12,17,19-20,22,25-26,28,35-36H,13-16H2,1-4H3,(H,34,39)(H,37,40)(H,38,41). The molecule has 1 saturated heterocycles. The summed E-state index contributed by atoms with van der Waals surface area (Å²) in [5.74, 6) is -0.483. The smallest absolute Gasteiger partial charge is 0.268 e. The third-order valence-electron chi connectivity index (χ3n) is 7.72. The van der Waals surface area contributed by atoms with Gasteiger partial charge in [-0.1, -0.05) is 50.2 Å². The molecule has 42 heavy (non-hydrogen) atoms. The topological polar surface area (TPSA) is 148 Å². The largest absolute Gasteiger partial charge is 0.496 e. The van der Waals surface area contributed by atoms with E-state index in [4.69, 9.17) is 4.74 Å². The second-order valence-corrected chi connectivity index (χ2v) is 11.3. The number of hydrogen-bond acceptors (Lipinski definition) is 6. The first-order valence-electron chi connectivity index (χ1n) is 14.4. The van der Waals surface area contributed by atoms with E-state index in [2.05, 4.69) is 32.3 Å². The molecule has 10 heteroatoms. The third-order valence-corrected chi connectivity index (χ3v) is 7.72. The van der Waals surface area contributed by atoms with Crippen LogP contribution in [0.5, 0.6) is 5.75 Å². The number of fused-ring (bicyclic) bond motifs is 1. The minimum atomic E-state index is -0.850. The van der Waals surface area contributed by atoms with Gasteiger partial charge in [0.05, 0.1) is 19.2 Å². The number of rotatable bonds is 13. The maximum atomic E-state index is 13.8. The van der Waals surface area contributed by atoms with Crippen LogP contribution in [-0.4, -0.2) is 54.5 Å². The summed E-state index contributed by atoms with van der Waals surface area (Å²) in [6, 6.07) is 16.8. The van der Waals surface area contributed by atoms with E-state index in [-0.39, 0.29) is 23.8 Å². The lowest BCUT2D eigenvalue weighted by atomic mass is 9.92. The van der Waals surface area contributed by atoms with Crippen molar-refractivity contribution in [3.8, 4) is 11.8 Å². The average molecular weight is 573 g/mol. The fraction of sp³-hybridized carbons (Fsp3) is 0.438. The Morgan fingerprint density at radius 2 is 1.86 bits per heavy atom. The number of hydrogen-bond donors (Lipinski definition) is 5. The Hall–Kier alpha value is -4.36. The molecule has 5 atom stereocenters. The van der Waals surface area contributed by atoms with E-state index in [0.717, 1.165) is 16.5 Å². The van der Waals surface area contributed by atoms with Gasteiger partial charge < -0.3 is 25.7 Å². The monoisotopic (exact) mass is 572 g/mol. The number of amides is 3. The SMILES string of the molecule is COc1cccc2[nH]c(C(=O)NC(CC(C)C)C(=O)NC(CC3CCNC3=O)C(C#N)NC(C)c3ccccc3)cc12. The fourth-order valence-electron chi connectivity index (χ4n) is 5.46. The van der Waals surface area contributed by atoms with Crippen molar-refractivity contribution >= 4 is 28.6 Å². The molecular formula is C32H40N6O4. The normalized spacial score (nSPS) is 17.6. The highest BCUT2D eigenvalue weighted by Gasteiger charge is 2.34. The summed E-state index contributed by atoms with van der Waals surface area (Å²) in [5, 5.41) is 23.0. The molecule has 4 rings (SSSR count). The van der Waals surface area contributed by atoms with E-state index in [9.17, 15) is 19.6 Å². The van der Waals surface area contributed by atoms with Gasteiger partial charge in [-0.05, 0) is 55.9 Å². The Morgan fingerprint density at radius 1 is 1.10 bits per heavy atom. The first-order chi connectivity index (χ1) is 20.2. The van der Waals surface area contributed by atoms with Gasteiger partial charge in [0.15, 0.2) is 0 Å². The van der Waals surface area contributed by atoms with Gasteiger partial charge >= 0.3 is 0 Å². The second kappa shape index (κ2) is 14.0. The molecule has 0 bridgehead atoms. The molecule has 1 fully saturated rings. The molecule has 2 aromatic carbocycles. The molecule has 3 aromatic rings. The zero-order valence-electron chi connectivity index (χ0n) is 24.6. The lowest BCUT2D eigenvalue weighted by molar-refractivity contribution is -0.126. The molecule has 3 amide bonds. The Labute approximate surface area is 246 Å². The molecule has 1 aliphatic heterocycles. The van der Waals surface area contributed by atoms with Crippen LogP contribution >= 0.6 is 0 Å². The summed E-state index contributed by atoms with van der Waals surface area (Å²) in [5.41, 5.74) is 2.06. The van der Waals surface area contributed by atoms with Crippen LogP contribution in [-0.2, 0) is 9.59 Å². The number of aromatic amines is 1. The highest BCUT2D eigenvalue weighted by Crippen LogP contribution is 2.26. The van der Waals surface area contributed by atoms with Crippen molar-refractivity contribution < 1.29 is 19.1 Å². The Morgan fingerprint density at radius 3 is 2.50 bits per heavy atom. The van der Waals surface area contributed by atoms with Gasteiger partial charge in [-0.3, -0.25) is 19.7 Å². The Bertz CT molecular complexity index is 1430. The van der Waals surface area contributed by atoms with Crippen molar-refractivity contribution in [2.45, 2.75) is 64.2 Å². The molecule has 0 radical (unpaired) electrons. The van der Waals surface area contributed by atoms with E-state index < -0.39 is 29.9 Å². The van der Waals surface area contributed by atoms with Crippen molar-refractivity contribution in [3.05, 3.63) is 65.9 Å². The van der Waals surface area contributed by atoms with Gasteiger partial charge in [0.25, 0.3) is 5.91 Å². The average Bonchev–Trinajstić information content (AvgIpc) is 3.61. The number of nitriles is 1. The minimum Gasteiger partial charge on any atom is -0.496 e. The van der Waals surface area contributed by atoms with Crippen LogP contribution in [0, 0.1) is 23.2 Å². The van der Waals surface area contributed by atoms with E-state index >= 15 is 0 Å². The summed E-state index contributed by atoms with van der Waals surface area (Å²) in [4.78, 5) is 42.7. The van der Waals surface area contributed by atoms with Crippen LogP contribution in [0.15, 0.2) is 54.6 Å². The summed E-state index contributed by atoms with van der Waals surface area (Å²) in [6.45, 7) is 6.47. The van der Waals surface area contributed by atoms with Crippen LogP contribution in [0.4, 0.5) is 0 Å². The summed E-state index contributed by atoms with van der Waals surface area (Å²) in [6.07, 6.45) is 1.32. The highest BCUT2D eigenvalue weighted by molar-refractivity contribution is 6.01. The number of carbonyl (C=O) groups is 3. The van der Waals surface area contributed by atoms with E-state index in [1.807, 2.05) is 69.3 Å². The van der Waals surface area contributed by atoms with E-state index in [1.54, 1.807) is 13.2 Å². The molecular weight excluding hydrogens is 532 g/mol. The predicted octanol–water partition coefficient (Wildman–Crippen LogP) is 3.57. The van der Waals surface area contributed by atoms with E-state index in [1.165, 1.54) is 0 Å². The number of H-pyrrole nitrogens is 1. The first-order valence-corrected chi connectivity index (χ1v) is 14.4. The molecule has 1 aromatic heterocycles. The molecule has 0 saturated carbocycles. The number of nitrogens with one attached hydrogen (secondary N) is 5. The summed E-state index contributed by atoms with van der Waals surface area (Å²) >= 11 is 0. The number of aromatic nitrogens is 1. The number of benzene rings is 2. The zero-order chi connectivity index (χ0) is 30.2. The maximum Gasteiger partial charge on any atom is 0.268 e. The number of carbonyl (C=O) groups excluding carboxylic acids is 3. The first kappa shape index (κ1) is 30.6. The maximum absolute atomic E-state index is 13.8. The third kappa shape index (κ3) is 7.47. The molecule has 2 heterocycles. The molecule has 5 unspecified atom stereocenters. The molecule has 1 aliphatic rings. The molecule has 10 nitrogen and oxygen atoms in total. The van der Waals surface area contributed by atoms with Crippen LogP contribution in [0.3, 0.4) is 0 Å². The van der Waals surface area contributed by atoms with Crippen molar-refractivity contribution in [2.75, 3.05) is 13.7 Å². The van der Waals surface area contributed by atoms with Crippen molar-refractivity contribution in [1.82, 2.24) is 26.3 Å². The predicted molar refractivity (Wildman–Crippen MR) is 161 cm³/mol. The Balaban J connectivity index is 1.54. The van der Waals surface area contributed by atoms with Crippen molar-refractivity contribution in [2.24, 2.45) is 11.8 Å². The number of nitrogens with zero attached hydrogens (tertiary/aromatic N) is 1. The lowest BCUT2D eigenvalue weighted by Crippen LogP contribution is -2.56. The van der Waals surface area contributed by atoms with Gasteiger partial charge in [-0.2, -0.15) is 5.26 Å². The van der Waals surface area contributed by atoms with Crippen LogP contribution in [0.25, 0.3) is 10.9 Å². The minimum absolute atomic E-state index is 0.0803. The number of ether oxygens (including phenoxy) is 1. The molecule has 5 N–H and O–H groups in total. The summed E-state index contributed by atoms with van der Waals surface area (Å²) < 4.78 is 5.41. The van der Waals surface area contributed by atoms with Gasteiger partial charge in [0.1, 0.15) is 23.5 Å². The second-order valence-electron chi connectivity index (χ2n) is 11.3. The quantitative estimate of drug-likeness (QED) is 0.212. The van der Waals surface area contributed by atoms with Crippen LogP contribution in [0.1, 0.15) is 62.1 Å².